The molecule has 0 aliphatic rings. The minimum atomic E-state index is -3.77. The molecule has 0 bridgehead atoms. The van der Waals surface area contributed by atoms with Gasteiger partial charge >= 0.3 is 0 Å². The maximum atomic E-state index is 13.3. The second-order valence-corrected chi connectivity index (χ2v) is 8.82. The van der Waals surface area contributed by atoms with Crippen LogP contribution in [-0.2, 0) is 17.1 Å². The van der Waals surface area contributed by atoms with Gasteiger partial charge in [-0.3, -0.25) is 0 Å². The first-order valence-corrected chi connectivity index (χ1v) is 10.4. The third kappa shape index (κ3) is 4.08. The van der Waals surface area contributed by atoms with Crippen molar-refractivity contribution >= 4 is 21.6 Å². The number of benzene rings is 2. The average molecular weight is 404 g/mol. The van der Waals surface area contributed by atoms with Crippen molar-refractivity contribution in [2.75, 3.05) is 0 Å². The number of hydrogen-bond donors (Lipinski definition) is 1. The summed E-state index contributed by atoms with van der Waals surface area (Å²) in [6.45, 7) is 5.58. The molecule has 1 unspecified atom stereocenters. The molecule has 0 aliphatic heterocycles. The quantitative estimate of drug-likeness (QED) is 0.698. The predicted octanol–water partition coefficient (Wildman–Crippen LogP) is 4.07. The Morgan fingerprint density at radius 2 is 1.67 bits per heavy atom. The first kappa shape index (κ1) is 19.6. The fourth-order valence-electron chi connectivity index (χ4n) is 3.39. The number of aromatic nitrogens is 2. The molecular weight excluding hydrogens is 382 g/mol. The van der Waals surface area contributed by atoms with Gasteiger partial charge in [0, 0.05) is 24.5 Å². The van der Waals surface area contributed by atoms with E-state index in [1.165, 1.54) is 0 Å². The molecule has 0 amide bonds. The van der Waals surface area contributed by atoms with Gasteiger partial charge in [-0.1, -0.05) is 41.4 Å². The van der Waals surface area contributed by atoms with Gasteiger partial charge in [0.05, 0.1) is 4.90 Å². The molecule has 1 atom stereocenters. The zero-order valence-electron chi connectivity index (χ0n) is 15.7. The van der Waals surface area contributed by atoms with Crippen molar-refractivity contribution in [1.82, 2.24) is 14.3 Å². The van der Waals surface area contributed by atoms with Crippen LogP contribution in [0, 0.1) is 20.8 Å². The molecule has 0 aliphatic carbocycles. The lowest BCUT2D eigenvalue weighted by Crippen LogP contribution is -2.32. The normalized spacial score (nSPS) is 12.9. The van der Waals surface area contributed by atoms with Crippen LogP contribution in [0.2, 0.25) is 5.02 Å². The molecule has 7 heteroatoms. The molecular formula is C20H22ClN3O2S. The summed E-state index contributed by atoms with van der Waals surface area (Å²) in [4.78, 5) is 4.66. The first-order chi connectivity index (χ1) is 12.7. The lowest BCUT2D eigenvalue weighted by atomic mass is 10.1. The molecule has 1 N–H and O–H groups in total. The van der Waals surface area contributed by atoms with Gasteiger partial charge in [0.2, 0.25) is 10.0 Å². The Balaban J connectivity index is 2.09. The summed E-state index contributed by atoms with van der Waals surface area (Å²) in [6, 6.07) is 10.2. The summed E-state index contributed by atoms with van der Waals surface area (Å²) in [5.41, 5.74) is 3.23. The van der Waals surface area contributed by atoms with Crippen LogP contribution in [0.15, 0.2) is 53.7 Å². The van der Waals surface area contributed by atoms with Crippen molar-refractivity contribution in [3.8, 4) is 0 Å². The van der Waals surface area contributed by atoms with E-state index in [0.29, 0.717) is 15.7 Å². The van der Waals surface area contributed by atoms with Gasteiger partial charge < -0.3 is 4.57 Å². The lowest BCUT2D eigenvalue weighted by Gasteiger charge is -2.21. The van der Waals surface area contributed by atoms with Gasteiger partial charge in [0.25, 0.3) is 0 Å². The number of nitrogens with zero attached hydrogens (tertiary/aromatic N) is 2. The van der Waals surface area contributed by atoms with E-state index in [0.717, 1.165) is 22.3 Å². The average Bonchev–Trinajstić information content (AvgIpc) is 2.98. The second-order valence-electron chi connectivity index (χ2n) is 6.73. The van der Waals surface area contributed by atoms with E-state index < -0.39 is 16.1 Å². The van der Waals surface area contributed by atoms with E-state index in [1.807, 2.05) is 40.0 Å². The molecule has 1 heterocycles. The summed E-state index contributed by atoms with van der Waals surface area (Å²) in [5, 5.41) is 0.588. The Kier molecular flexibility index (Phi) is 5.42. The van der Waals surface area contributed by atoms with E-state index in [1.54, 1.807) is 41.2 Å². The topological polar surface area (TPSA) is 64.0 Å². The van der Waals surface area contributed by atoms with Gasteiger partial charge in [-0.15, -0.1) is 0 Å². The van der Waals surface area contributed by atoms with Gasteiger partial charge in [-0.2, -0.15) is 4.72 Å². The van der Waals surface area contributed by atoms with Crippen LogP contribution in [0.1, 0.15) is 34.1 Å². The molecule has 0 fully saturated rings. The monoisotopic (exact) mass is 403 g/mol. The van der Waals surface area contributed by atoms with Crippen LogP contribution in [0.25, 0.3) is 0 Å². The second kappa shape index (κ2) is 7.46. The standard InChI is InChI=1S/C20H22ClN3O2S/c1-13-11-14(2)19(15(3)12-13)27(25,26)23-18(20-22-9-10-24(20)4)16-5-7-17(21)8-6-16/h5-12,18,23H,1-4H3. The summed E-state index contributed by atoms with van der Waals surface area (Å²) in [7, 11) is -1.94. The van der Waals surface area contributed by atoms with Gasteiger partial charge in [-0.05, 0) is 49.6 Å². The van der Waals surface area contributed by atoms with E-state index >= 15 is 0 Å². The Morgan fingerprint density at radius 1 is 1.07 bits per heavy atom. The molecule has 0 saturated carbocycles. The van der Waals surface area contributed by atoms with Crippen molar-refractivity contribution in [1.29, 1.82) is 0 Å². The number of rotatable bonds is 5. The highest BCUT2D eigenvalue weighted by atomic mass is 35.5. The third-order valence-electron chi connectivity index (χ3n) is 4.47. The molecule has 0 spiro atoms. The number of imidazole rings is 1. The highest BCUT2D eigenvalue weighted by Crippen LogP contribution is 2.27. The predicted molar refractivity (Wildman–Crippen MR) is 107 cm³/mol. The van der Waals surface area contributed by atoms with E-state index in [4.69, 9.17) is 11.6 Å². The number of hydrogen-bond acceptors (Lipinski definition) is 3. The molecule has 0 saturated heterocycles. The number of aryl methyl sites for hydroxylation is 4. The van der Waals surface area contributed by atoms with Gasteiger partial charge in [-0.25, -0.2) is 13.4 Å². The molecule has 3 rings (SSSR count). The Hall–Kier alpha value is -2.15. The highest BCUT2D eigenvalue weighted by molar-refractivity contribution is 7.89. The van der Waals surface area contributed by atoms with E-state index in [9.17, 15) is 8.42 Å². The molecule has 5 nitrogen and oxygen atoms in total. The molecule has 27 heavy (non-hydrogen) atoms. The molecule has 142 valence electrons. The van der Waals surface area contributed by atoms with Crippen molar-refractivity contribution in [3.63, 3.8) is 0 Å². The summed E-state index contributed by atoms with van der Waals surface area (Å²) >= 11 is 6.00. The number of halogens is 1. The van der Waals surface area contributed by atoms with Crippen LogP contribution in [0.4, 0.5) is 0 Å². The smallest absolute Gasteiger partial charge is 0.242 e. The van der Waals surface area contributed by atoms with Crippen molar-refractivity contribution in [2.24, 2.45) is 7.05 Å². The Labute approximate surface area is 165 Å². The molecule has 2 aromatic carbocycles. The maximum absolute atomic E-state index is 13.3. The molecule has 1 aromatic heterocycles. The highest BCUT2D eigenvalue weighted by Gasteiger charge is 2.28. The van der Waals surface area contributed by atoms with Crippen molar-refractivity contribution in [3.05, 3.63) is 81.9 Å². The first-order valence-electron chi connectivity index (χ1n) is 8.52. The largest absolute Gasteiger partial charge is 0.336 e. The van der Waals surface area contributed by atoms with Crippen molar-refractivity contribution in [2.45, 2.75) is 31.7 Å². The minimum Gasteiger partial charge on any atom is -0.336 e. The van der Waals surface area contributed by atoms with Crippen LogP contribution in [0.3, 0.4) is 0 Å². The van der Waals surface area contributed by atoms with Crippen LogP contribution in [-0.4, -0.2) is 18.0 Å². The third-order valence-corrected chi connectivity index (χ3v) is 6.45. The Morgan fingerprint density at radius 3 is 2.19 bits per heavy atom. The van der Waals surface area contributed by atoms with Gasteiger partial charge in [0.15, 0.2) is 0 Å². The van der Waals surface area contributed by atoms with Crippen LogP contribution < -0.4 is 4.72 Å². The zero-order chi connectivity index (χ0) is 19.8. The van der Waals surface area contributed by atoms with E-state index in [2.05, 4.69) is 9.71 Å². The summed E-state index contributed by atoms with van der Waals surface area (Å²) < 4.78 is 31.2. The zero-order valence-corrected chi connectivity index (χ0v) is 17.3. The number of sulfonamides is 1. The maximum Gasteiger partial charge on any atom is 0.242 e. The minimum absolute atomic E-state index is 0.307. The van der Waals surface area contributed by atoms with Crippen LogP contribution >= 0.6 is 11.6 Å². The molecule has 0 radical (unpaired) electrons. The number of nitrogens with one attached hydrogen (secondary N) is 1. The summed E-state index contributed by atoms with van der Waals surface area (Å²) in [5.74, 6) is 0.600. The SMILES string of the molecule is Cc1cc(C)c(S(=O)(=O)NC(c2ccc(Cl)cc2)c2nccn2C)c(C)c1. The van der Waals surface area contributed by atoms with E-state index in [-0.39, 0.29) is 0 Å². The fraction of sp³-hybridized carbons (Fsp3) is 0.250. The summed E-state index contributed by atoms with van der Waals surface area (Å²) in [6.07, 6.45) is 3.43. The lowest BCUT2D eigenvalue weighted by molar-refractivity contribution is 0.561. The Bertz CT molecular complexity index is 1050. The fourth-order valence-corrected chi connectivity index (χ4v) is 5.15. The van der Waals surface area contributed by atoms with Crippen molar-refractivity contribution < 1.29 is 8.42 Å². The van der Waals surface area contributed by atoms with Gasteiger partial charge in [0.1, 0.15) is 11.9 Å². The van der Waals surface area contributed by atoms with Crippen LogP contribution in [0.5, 0.6) is 0 Å². The molecule has 3 aromatic rings.